The van der Waals surface area contributed by atoms with Gasteiger partial charge in [-0.05, 0) is 42.9 Å². The molecule has 9 nitrogen and oxygen atoms in total. The van der Waals surface area contributed by atoms with Gasteiger partial charge in [0.25, 0.3) is 0 Å². The van der Waals surface area contributed by atoms with Crippen LogP contribution in [0.1, 0.15) is 11.4 Å². The smallest absolute Gasteiger partial charge is 0.240 e. The Bertz CT molecular complexity index is 1290. The van der Waals surface area contributed by atoms with Gasteiger partial charge in [-0.2, -0.15) is 9.50 Å². The van der Waals surface area contributed by atoms with Crippen molar-refractivity contribution in [2.75, 3.05) is 50.7 Å². The van der Waals surface area contributed by atoms with Crippen LogP contribution in [0.25, 0.3) is 16.6 Å². The third-order valence-electron chi connectivity index (χ3n) is 6.01. The minimum Gasteiger partial charge on any atom is -0.454 e. The van der Waals surface area contributed by atoms with Crippen molar-refractivity contribution in [2.24, 2.45) is 0 Å². The van der Waals surface area contributed by atoms with Crippen molar-refractivity contribution >= 4 is 28.2 Å². The van der Waals surface area contributed by atoms with Crippen molar-refractivity contribution in [3.8, 4) is 11.5 Å². The van der Waals surface area contributed by atoms with Crippen molar-refractivity contribution < 1.29 is 9.47 Å². The molecule has 9 heteroatoms. The summed E-state index contributed by atoms with van der Waals surface area (Å²) >= 11 is 0. The van der Waals surface area contributed by atoms with Crippen LogP contribution >= 0.6 is 0 Å². The Kier molecular flexibility index (Phi) is 4.10. The van der Waals surface area contributed by atoms with Gasteiger partial charge >= 0.3 is 0 Å². The lowest BCUT2D eigenvalue weighted by Crippen LogP contribution is -2.44. The van der Waals surface area contributed by atoms with E-state index in [9.17, 15) is 0 Å². The monoisotopic (exact) mass is 417 g/mol. The van der Waals surface area contributed by atoms with Gasteiger partial charge in [0.15, 0.2) is 17.1 Å². The Labute approximate surface area is 179 Å². The van der Waals surface area contributed by atoms with E-state index in [1.807, 2.05) is 18.2 Å². The molecule has 1 fully saturated rings. The largest absolute Gasteiger partial charge is 0.454 e. The quantitative estimate of drug-likeness (QED) is 0.540. The van der Waals surface area contributed by atoms with Crippen LogP contribution in [-0.2, 0) is 6.42 Å². The summed E-state index contributed by atoms with van der Waals surface area (Å²) in [4.78, 5) is 14.2. The van der Waals surface area contributed by atoms with Gasteiger partial charge in [-0.15, -0.1) is 5.10 Å². The lowest BCUT2D eigenvalue weighted by molar-refractivity contribution is 0.174. The first-order valence-electron chi connectivity index (χ1n) is 10.4. The summed E-state index contributed by atoms with van der Waals surface area (Å²) in [7, 11) is 2.16. The second-order valence-electron chi connectivity index (χ2n) is 8.09. The van der Waals surface area contributed by atoms with Crippen LogP contribution in [0, 0.1) is 0 Å². The van der Waals surface area contributed by atoms with Gasteiger partial charge in [-0.3, -0.25) is 0 Å². The third kappa shape index (κ3) is 3.17. The number of piperazine rings is 1. The zero-order chi connectivity index (χ0) is 20.9. The number of aromatic nitrogens is 4. The summed E-state index contributed by atoms with van der Waals surface area (Å²) in [5.74, 6) is 2.54. The number of nitrogens with zero attached hydrogens (tertiary/aromatic N) is 6. The molecule has 0 unspecified atom stereocenters. The number of benzene rings is 2. The Hall–Kier alpha value is -3.59. The molecular formula is C22H23N7O2. The van der Waals surface area contributed by atoms with Gasteiger partial charge in [0.05, 0.1) is 5.52 Å². The van der Waals surface area contributed by atoms with Crippen molar-refractivity contribution in [3.63, 3.8) is 0 Å². The van der Waals surface area contributed by atoms with Gasteiger partial charge < -0.3 is 25.0 Å². The maximum Gasteiger partial charge on any atom is 0.240 e. The van der Waals surface area contributed by atoms with Crippen molar-refractivity contribution in [2.45, 2.75) is 6.42 Å². The fourth-order valence-corrected chi connectivity index (χ4v) is 4.28. The van der Waals surface area contributed by atoms with E-state index >= 15 is 0 Å². The lowest BCUT2D eigenvalue weighted by atomic mass is 10.1. The molecule has 1 saturated heterocycles. The Morgan fingerprint density at radius 2 is 1.81 bits per heavy atom. The molecule has 0 spiro atoms. The lowest BCUT2D eigenvalue weighted by Gasteiger charge is -2.34. The van der Waals surface area contributed by atoms with E-state index in [0.717, 1.165) is 65.6 Å². The number of hydrogen-bond donors (Lipinski definition) is 1. The maximum atomic E-state index is 5.96. The average molecular weight is 417 g/mol. The second kappa shape index (κ2) is 6.98. The number of rotatable bonds is 3. The highest BCUT2D eigenvalue weighted by Crippen LogP contribution is 2.33. The molecule has 0 atom stereocenters. The molecule has 158 valence electrons. The van der Waals surface area contributed by atoms with E-state index in [0.29, 0.717) is 6.42 Å². The summed E-state index contributed by atoms with van der Waals surface area (Å²) in [5, 5.41) is 5.34. The van der Waals surface area contributed by atoms with Gasteiger partial charge in [-0.1, -0.05) is 6.07 Å². The summed E-state index contributed by atoms with van der Waals surface area (Å²) < 4.78 is 12.7. The fourth-order valence-electron chi connectivity index (χ4n) is 4.28. The number of fused-ring (bicyclic) bond motifs is 4. The summed E-state index contributed by atoms with van der Waals surface area (Å²) in [6, 6.07) is 12.3. The SMILES string of the molecule is CN1CCN(c2ccc3c(c2)nc(Cc2ccc4c(c2)OCO4)n2nc(N)nc32)CC1. The molecule has 0 saturated carbocycles. The first-order chi connectivity index (χ1) is 15.1. The Morgan fingerprint density at radius 3 is 2.68 bits per heavy atom. The van der Waals surface area contributed by atoms with Crippen molar-refractivity contribution in [1.82, 2.24) is 24.5 Å². The van der Waals surface area contributed by atoms with E-state index in [1.54, 1.807) is 4.52 Å². The Balaban J connectivity index is 1.43. The second-order valence-corrected chi connectivity index (χ2v) is 8.09. The van der Waals surface area contributed by atoms with E-state index < -0.39 is 0 Å². The highest BCUT2D eigenvalue weighted by molar-refractivity contribution is 5.93. The van der Waals surface area contributed by atoms with E-state index in [2.05, 4.69) is 45.1 Å². The molecule has 2 aliphatic heterocycles. The molecule has 31 heavy (non-hydrogen) atoms. The molecule has 4 heterocycles. The number of likely N-dealkylation sites (N-methyl/N-ethyl adjacent to an activating group) is 1. The summed E-state index contributed by atoms with van der Waals surface area (Å²) in [5.41, 5.74) is 9.81. The molecule has 0 aliphatic carbocycles. The summed E-state index contributed by atoms with van der Waals surface area (Å²) in [6.45, 7) is 4.38. The van der Waals surface area contributed by atoms with Crippen molar-refractivity contribution in [1.29, 1.82) is 0 Å². The topological polar surface area (TPSA) is 94.0 Å². The van der Waals surface area contributed by atoms with Crippen LogP contribution in [0.3, 0.4) is 0 Å². The first kappa shape index (κ1) is 18.2. The predicted octanol–water partition coefficient (Wildman–Crippen LogP) is 1.93. The molecule has 2 aromatic heterocycles. The predicted molar refractivity (Wildman–Crippen MR) is 118 cm³/mol. The number of anilines is 2. The minimum absolute atomic E-state index is 0.240. The van der Waals surface area contributed by atoms with Crippen LogP contribution in [0.2, 0.25) is 0 Å². The summed E-state index contributed by atoms with van der Waals surface area (Å²) in [6.07, 6.45) is 0.574. The van der Waals surface area contributed by atoms with E-state index in [4.69, 9.17) is 20.2 Å². The number of hydrogen-bond acceptors (Lipinski definition) is 8. The van der Waals surface area contributed by atoms with Gasteiger partial charge in [0, 0.05) is 43.7 Å². The molecular weight excluding hydrogens is 394 g/mol. The fraction of sp³-hybridized carbons (Fsp3) is 0.318. The van der Waals surface area contributed by atoms with Crippen LogP contribution in [-0.4, -0.2) is 64.5 Å². The molecule has 0 radical (unpaired) electrons. The zero-order valence-corrected chi connectivity index (χ0v) is 17.3. The normalized spacial score (nSPS) is 16.5. The molecule has 0 amide bonds. The highest BCUT2D eigenvalue weighted by Gasteiger charge is 2.19. The van der Waals surface area contributed by atoms with Gasteiger partial charge in [0.2, 0.25) is 12.7 Å². The molecule has 2 N–H and O–H groups in total. The molecule has 2 aliphatic rings. The number of ether oxygens (including phenoxy) is 2. The molecule has 2 aromatic carbocycles. The van der Waals surface area contributed by atoms with Crippen LogP contribution in [0.5, 0.6) is 11.5 Å². The Morgan fingerprint density at radius 1 is 0.968 bits per heavy atom. The third-order valence-corrected chi connectivity index (χ3v) is 6.01. The average Bonchev–Trinajstić information content (AvgIpc) is 3.40. The van der Waals surface area contributed by atoms with E-state index in [-0.39, 0.29) is 12.7 Å². The van der Waals surface area contributed by atoms with Crippen LogP contribution in [0.4, 0.5) is 11.6 Å². The molecule has 0 bridgehead atoms. The van der Waals surface area contributed by atoms with Crippen LogP contribution in [0.15, 0.2) is 36.4 Å². The van der Waals surface area contributed by atoms with Crippen LogP contribution < -0.4 is 20.1 Å². The highest BCUT2D eigenvalue weighted by atomic mass is 16.7. The molecule has 6 rings (SSSR count). The standard InChI is InChI=1S/C22H23N7O2/c1-27-6-8-28(9-7-27)15-3-4-16-17(12-15)24-20(29-21(16)25-22(23)26-29)11-14-2-5-18-19(10-14)31-13-30-18/h2-5,10,12H,6-9,11,13H2,1H3,(H2,23,26). The van der Waals surface area contributed by atoms with Gasteiger partial charge in [0.1, 0.15) is 5.82 Å². The number of nitrogens with two attached hydrogens (primary N) is 1. The van der Waals surface area contributed by atoms with Crippen molar-refractivity contribution in [3.05, 3.63) is 47.8 Å². The number of nitrogen functional groups attached to an aromatic ring is 1. The van der Waals surface area contributed by atoms with Gasteiger partial charge in [-0.25, -0.2) is 4.98 Å². The first-order valence-corrected chi connectivity index (χ1v) is 10.4. The molecule has 4 aromatic rings. The van der Waals surface area contributed by atoms with E-state index in [1.165, 1.54) is 5.69 Å². The minimum atomic E-state index is 0.240. The maximum absolute atomic E-state index is 5.96. The zero-order valence-electron chi connectivity index (χ0n) is 17.3.